The Morgan fingerprint density at radius 3 is 1.43 bits per heavy atom. The molecule has 11 aromatic rings. The fraction of sp³-hybridized carbons (Fsp3) is 0. The number of furan rings is 1. The van der Waals surface area contributed by atoms with Crippen LogP contribution in [0.2, 0.25) is 0 Å². The summed E-state index contributed by atoms with van der Waals surface area (Å²) in [6.45, 7) is 0. The van der Waals surface area contributed by atoms with Gasteiger partial charge in [-0.2, -0.15) is 0 Å². The molecule has 0 amide bonds. The third-order valence-corrected chi connectivity index (χ3v) is 11.5. The molecule has 0 bridgehead atoms. The molecule has 1 heterocycles. The van der Waals surface area contributed by atoms with Gasteiger partial charge in [0.15, 0.2) is 0 Å². The van der Waals surface area contributed by atoms with E-state index >= 15 is 0 Å². The third-order valence-electron chi connectivity index (χ3n) is 11.5. The first-order valence-electron chi connectivity index (χ1n) is 19.8. The van der Waals surface area contributed by atoms with E-state index in [4.69, 9.17) is 4.42 Å². The first-order chi connectivity index (χ1) is 28.7. The fourth-order valence-electron chi connectivity index (χ4n) is 8.50. The van der Waals surface area contributed by atoms with Crippen molar-refractivity contribution in [3.63, 3.8) is 0 Å². The van der Waals surface area contributed by atoms with E-state index in [1.54, 1.807) is 0 Å². The average molecular weight is 740 g/mol. The van der Waals surface area contributed by atoms with Crippen molar-refractivity contribution in [2.75, 3.05) is 4.90 Å². The lowest BCUT2D eigenvalue weighted by atomic mass is 9.97. The maximum absolute atomic E-state index is 6.48. The molecule has 0 aliphatic carbocycles. The van der Waals surface area contributed by atoms with Crippen LogP contribution < -0.4 is 4.90 Å². The predicted molar refractivity (Wildman–Crippen MR) is 245 cm³/mol. The summed E-state index contributed by atoms with van der Waals surface area (Å²) in [5.74, 6) is 0. The molecule has 2 heteroatoms. The third kappa shape index (κ3) is 6.00. The minimum Gasteiger partial charge on any atom is -0.455 e. The van der Waals surface area contributed by atoms with Crippen LogP contribution in [0.1, 0.15) is 0 Å². The fourth-order valence-corrected chi connectivity index (χ4v) is 8.50. The van der Waals surface area contributed by atoms with E-state index < -0.39 is 0 Å². The van der Waals surface area contributed by atoms with Gasteiger partial charge in [0.2, 0.25) is 0 Å². The molecule has 0 N–H and O–H groups in total. The highest BCUT2D eigenvalue weighted by Crippen LogP contribution is 2.40. The minimum atomic E-state index is 0.893. The van der Waals surface area contributed by atoms with Crippen molar-refractivity contribution < 1.29 is 4.42 Å². The molecular formula is C56H37NO. The summed E-state index contributed by atoms with van der Waals surface area (Å²) in [5, 5.41) is 7.33. The van der Waals surface area contributed by atoms with Crippen LogP contribution in [0.5, 0.6) is 0 Å². The average Bonchev–Trinajstić information content (AvgIpc) is 3.68. The minimum absolute atomic E-state index is 0.893. The molecule has 1 aromatic heterocycles. The molecule has 0 unspecified atom stereocenters. The highest BCUT2D eigenvalue weighted by atomic mass is 16.3. The van der Waals surface area contributed by atoms with Gasteiger partial charge in [-0.15, -0.1) is 0 Å². The highest BCUT2D eigenvalue weighted by molar-refractivity contribution is 6.11. The smallest absolute Gasteiger partial charge is 0.143 e. The number of fused-ring (bicyclic) bond motifs is 6. The van der Waals surface area contributed by atoms with Gasteiger partial charge in [-0.05, 0) is 115 Å². The van der Waals surface area contributed by atoms with Crippen molar-refractivity contribution in [1.29, 1.82) is 0 Å². The van der Waals surface area contributed by atoms with E-state index in [0.29, 0.717) is 0 Å². The Kier molecular flexibility index (Phi) is 8.19. The van der Waals surface area contributed by atoms with Crippen molar-refractivity contribution in [2.24, 2.45) is 0 Å². The van der Waals surface area contributed by atoms with Crippen molar-refractivity contribution in [2.45, 2.75) is 0 Å². The molecule has 0 saturated carbocycles. The topological polar surface area (TPSA) is 16.4 Å². The monoisotopic (exact) mass is 739 g/mol. The lowest BCUT2D eigenvalue weighted by Crippen LogP contribution is -2.09. The van der Waals surface area contributed by atoms with E-state index in [-0.39, 0.29) is 0 Å². The molecule has 0 fully saturated rings. The van der Waals surface area contributed by atoms with Gasteiger partial charge in [0.1, 0.15) is 11.2 Å². The zero-order chi connectivity index (χ0) is 38.4. The van der Waals surface area contributed by atoms with E-state index in [1.165, 1.54) is 43.8 Å². The van der Waals surface area contributed by atoms with Crippen LogP contribution in [-0.2, 0) is 0 Å². The summed E-state index contributed by atoms with van der Waals surface area (Å²) in [6.07, 6.45) is 0. The molecule has 0 aliphatic rings. The SMILES string of the molecule is c1ccc(-c2ccc(N(c3ccc(-c4ccc5c(ccc6ccccc65)c4)cc3)c3ccc(-c4ccc5oc6c(-c7ccccc7)cccc6c5c4)cc3)cc2)cc1. The van der Waals surface area contributed by atoms with Crippen LogP contribution in [0, 0.1) is 0 Å². The molecule has 11 rings (SSSR count). The van der Waals surface area contributed by atoms with Gasteiger partial charge in [0, 0.05) is 33.4 Å². The van der Waals surface area contributed by atoms with Crippen LogP contribution in [0.25, 0.3) is 88.0 Å². The van der Waals surface area contributed by atoms with Gasteiger partial charge in [0.25, 0.3) is 0 Å². The lowest BCUT2D eigenvalue weighted by Gasteiger charge is -2.26. The molecule has 0 saturated heterocycles. The Bertz CT molecular complexity index is 3240. The summed E-state index contributed by atoms with van der Waals surface area (Å²) in [4.78, 5) is 2.34. The Morgan fingerprint density at radius 1 is 0.276 bits per heavy atom. The molecule has 0 aliphatic heterocycles. The summed E-state index contributed by atoms with van der Waals surface area (Å²) in [6, 6.07) is 80.6. The first-order valence-corrected chi connectivity index (χ1v) is 19.8. The maximum atomic E-state index is 6.48. The molecular weight excluding hydrogens is 703 g/mol. The van der Waals surface area contributed by atoms with Crippen LogP contribution in [0.15, 0.2) is 229 Å². The Hall–Kier alpha value is -7.68. The predicted octanol–water partition coefficient (Wildman–Crippen LogP) is 16.0. The van der Waals surface area contributed by atoms with Crippen LogP contribution in [0.4, 0.5) is 17.1 Å². The zero-order valence-corrected chi connectivity index (χ0v) is 31.7. The van der Waals surface area contributed by atoms with Gasteiger partial charge < -0.3 is 9.32 Å². The summed E-state index contributed by atoms with van der Waals surface area (Å²) >= 11 is 0. The summed E-state index contributed by atoms with van der Waals surface area (Å²) in [7, 11) is 0. The van der Waals surface area contributed by atoms with Gasteiger partial charge in [0.05, 0.1) is 0 Å². The number of nitrogens with zero attached hydrogens (tertiary/aromatic N) is 1. The summed E-state index contributed by atoms with van der Waals surface area (Å²) in [5.41, 5.74) is 14.4. The quantitative estimate of drug-likeness (QED) is 0.151. The van der Waals surface area contributed by atoms with E-state index in [1.807, 2.05) is 6.07 Å². The van der Waals surface area contributed by atoms with E-state index in [9.17, 15) is 0 Å². The van der Waals surface area contributed by atoms with Gasteiger partial charge in [-0.3, -0.25) is 0 Å². The molecule has 2 nitrogen and oxygen atoms in total. The zero-order valence-electron chi connectivity index (χ0n) is 31.7. The Morgan fingerprint density at radius 2 is 0.759 bits per heavy atom. The van der Waals surface area contributed by atoms with Crippen LogP contribution in [0.3, 0.4) is 0 Å². The van der Waals surface area contributed by atoms with Crippen molar-refractivity contribution in [1.82, 2.24) is 0 Å². The normalized spacial score (nSPS) is 11.4. The van der Waals surface area contributed by atoms with Crippen molar-refractivity contribution in [3.05, 3.63) is 224 Å². The standard InChI is InChI=1S/C56H37NO/c1-3-10-38(11-4-1)39-20-28-47(29-21-39)57(48-30-22-40(23-31-48)44-26-34-51-46(36-44)19-18-43-14-7-8-15-50(43)51)49-32-24-41(25-33-49)45-27-35-55-54(37-45)53-17-9-16-52(56(53)58-55)42-12-5-2-6-13-42/h1-37H. The molecule has 0 radical (unpaired) electrons. The number of rotatable bonds is 7. The van der Waals surface area contributed by atoms with Gasteiger partial charge >= 0.3 is 0 Å². The lowest BCUT2D eigenvalue weighted by molar-refractivity contribution is 0.670. The number of benzene rings is 10. The second-order valence-electron chi connectivity index (χ2n) is 14.9. The van der Waals surface area contributed by atoms with Crippen LogP contribution in [-0.4, -0.2) is 0 Å². The van der Waals surface area contributed by atoms with Crippen molar-refractivity contribution in [3.8, 4) is 44.5 Å². The Labute approximate surface area is 337 Å². The maximum Gasteiger partial charge on any atom is 0.143 e. The number of hydrogen-bond acceptors (Lipinski definition) is 2. The first kappa shape index (κ1) is 33.6. The van der Waals surface area contributed by atoms with Gasteiger partial charge in [-0.25, -0.2) is 0 Å². The summed E-state index contributed by atoms with van der Waals surface area (Å²) < 4.78 is 6.48. The second-order valence-corrected chi connectivity index (χ2v) is 14.9. The molecule has 0 atom stereocenters. The van der Waals surface area contributed by atoms with E-state index in [0.717, 1.165) is 61.3 Å². The van der Waals surface area contributed by atoms with E-state index in [2.05, 4.69) is 223 Å². The number of hydrogen-bond donors (Lipinski definition) is 0. The largest absolute Gasteiger partial charge is 0.455 e. The second kappa shape index (κ2) is 14.1. The van der Waals surface area contributed by atoms with Crippen molar-refractivity contribution >= 4 is 60.5 Å². The van der Waals surface area contributed by atoms with Crippen LogP contribution >= 0.6 is 0 Å². The molecule has 58 heavy (non-hydrogen) atoms. The molecule has 272 valence electrons. The Balaban J connectivity index is 0.950. The molecule has 10 aromatic carbocycles. The number of para-hydroxylation sites is 1. The highest BCUT2D eigenvalue weighted by Gasteiger charge is 2.16. The van der Waals surface area contributed by atoms with Gasteiger partial charge in [-0.1, -0.05) is 170 Å². The number of anilines is 3. The molecule has 0 spiro atoms.